The number of hydrogen-bond acceptors (Lipinski definition) is 14. The van der Waals surface area contributed by atoms with E-state index in [2.05, 4.69) is 95.0 Å². The van der Waals surface area contributed by atoms with Crippen LogP contribution in [0.3, 0.4) is 0 Å². The van der Waals surface area contributed by atoms with Crippen molar-refractivity contribution in [2.24, 2.45) is 0 Å². The summed E-state index contributed by atoms with van der Waals surface area (Å²) in [4.78, 5) is 53.8. The lowest BCUT2D eigenvalue weighted by molar-refractivity contribution is 0.0607. The highest BCUT2D eigenvalue weighted by molar-refractivity contribution is 7.15. The minimum atomic E-state index is -0.182. The number of aryl methyl sites for hydroxylation is 1. The number of nitrogens with zero attached hydrogens (tertiary/aromatic N) is 5. The maximum absolute atomic E-state index is 12.5. The molecule has 0 radical (unpaired) electrons. The highest BCUT2D eigenvalue weighted by Crippen LogP contribution is 2.26. The van der Waals surface area contributed by atoms with Gasteiger partial charge in [-0.2, -0.15) is 0 Å². The molecular weight excluding hydrogens is 1010 g/mol. The molecule has 418 valence electrons. The molecule has 5 aromatic carbocycles. The van der Waals surface area contributed by atoms with Crippen molar-refractivity contribution in [1.82, 2.24) is 30.2 Å². The van der Waals surface area contributed by atoms with Crippen LogP contribution in [-0.4, -0.2) is 124 Å². The maximum Gasteiger partial charge on any atom is 0.257 e. The van der Waals surface area contributed by atoms with Crippen molar-refractivity contribution in [3.8, 4) is 0 Å². The number of carbonyl (C=O) groups is 4. The van der Waals surface area contributed by atoms with Gasteiger partial charge >= 0.3 is 0 Å². The van der Waals surface area contributed by atoms with E-state index < -0.39 is 0 Å². The number of likely N-dealkylation sites (tertiary alicyclic amines) is 2. The second-order valence-corrected chi connectivity index (χ2v) is 19.6. The van der Waals surface area contributed by atoms with Crippen molar-refractivity contribution in [2.75, 3.05) is 101 Å². The largest absolute Gasteiger partial charge is 0.467 e. The lowest BCUT2D eigenvalue weighted by atomic mass is 9.99. The molecule has 7 aromatic rings. The number of piperidine rings is 1. The lowest BCUT2D eigenvalue weighted by Gasteiger charge is -2.35. The van der Waals surface area contributed by atoms with E-state index in [1.54, 1.807) is 49.5 Å². The molecule has 4 amide bonds. The molecule has 2 fully saturated rings. The van der Waals surface area contributed by atoms with Crippen molar-refractivity contribution in [2.45, 2.75) is 58.5 Å². The highest BCUT2D eigenvalue weighted by Gasteiger charge is 2.26. The fraction of sp³-hybridized carbons (Fsp3) is 0.311. The molecular formula is C61H78N12O5S. The summed E-state index contributed by atoms with van der Waals surface area (Å²) in [5.41, 5.74) is 9.97. The molecule has 7 N–H and O–H groups in total. The van der Waals surface area contributed by atoms with Gasteiger partial charge in [0.2, 0.25) is 5.13 Å². The van der Waals surface area contributed by atoms with E-state index in [1.165, 1.54) is 29.7 Å². The van der Waals surface area contributed by atoms with Gasteiger partial charge < -0.3 is 51.0 Å². The molecule has 17 nitrogen and oxygen atoms in total. The molecule has 9 rings (SSSR count). The van der Waals surface area contributed by atoms with Gasteiger partial charge in [-0.05, 0) is 142 Å². The van der Waals surface area contributed by atoms with Crippen LogP contribution >= 0.6 is 11.3 Å². The summed E-state index contributed by atoms with van der Waals surface area (Å²) in [5.74, 6) is 0.683. The Morgan fingerprint density at radius 2 is 1.11 bits per heavy atom. The summed E-state index contributed by atoms with van der Waals surface area (Å²) in [5, 5.41) is 29.5. The Labute approximate surface area is 470 Å². The first kappa shape index (κ1) is 61.2. The third-order valence-electron chi connectivity index (χ3n) is 13.0. The predicted molar refractivity (Wildman–Crippen MR) is 325 cm³/mol. The first-order chi connectivity index (χ1) is 38.2. The number of rotatable bonds is 15. The number of carbonyl (C=O) groups excluding carboxylic acids is 4. The monoisotopic (exact) mass is 1090 g/mol. The number of nitrogens with one attached hydrogen (secondary N) is 7. The van der Waals surface area contributed by atoms with Crippen molar-refractivity contribution < 1.29 is 23.6 Å². The van der Waals surface area contributed by atoms with Crippen LogP contribution in [0.5, 0.6) is 0 Å². The second kappa shape index (κ2) is 32.2. The minimum Gasteiger partial charge on any atom is -0.467 e. The number of amides is 4. The Hall–Kier alpha value is -8.64. The normalized spacial score (nSPS) is 12.9. The fourth-order valence-electron chi connectivity index (χ4n) is 8.32. The van der Waals surface area contributed by atoms with Gasteiger partial charge in [0, 0.05) is 131 Å². The molecule has 18 heteroatoms. The quantitative estimate of drug-likeness (QED) is 0.0512. The first-order valence-electron chi connectivity index (χ1n) is 26.5. The molecule has 0 saturated carbocycles. The van der Waals surface area contributed by atoms with E-state index in [0.717, 1.165) is 89.4 Å². The Balaban J connectivity index is 0.000000183. The highest BCUT2D eigenvalue weighted by atomic mass is 32.1. The number of anilines is 6. The van der Waals surface area contributed by atoms with Gasteiger partial charge in [0.05, 0.1) is 12.8 Å². The fourth-order valence-corrected chi connectivity index (χ4v) is 8.90. The lowest BCUT2D eigenvalue weighted by Crippen LogP contribution is -2.43. The Bertz CT molecular complexity index is 3030. The van der Waals surface area contributed by atoms with Gasteiger partial charge in [-0.15, -0.1) is 10.2 Å². The van der Waals surface area contributed by atoms with Crippen LogP contribution in [0.4, 0.5) is 33.6 Å². The summed E-state index contributed by atoms with van der Waals surface area (Å²) >= 11 is 1.35. The van der Waals surface area contributed by atoms with Gasteiger partial charge in [0.15, 0.2) is 0 Å². The van der Waals surface area contributed by atoms with Gasteiger partial charge in [0.1, 0.15) is 10.8 Å². The third kappa shape index (κ3) is 19.1. The molecule has 1 atom stereocenters. The zero-order valence-electron chi connectivity index (χ0n) is 47.1. The molecule has 4 heterocycles. The SMILES string of the molecule is C=C(c1cccc(NC)c1)N1CCC1.CCC1CCCCN1C(=O)c1cccc(NC)c1.CNC(=O)c1cccc(NC)c1.CNc1cccc(C(=O)N(C)Cc2ccco2)c1.CNc1cccc(C(=O)Nc2nnc(C)s2)c1. The number of furan rings is 1. The van der Waals surface area contributed by atoms with E-state index in [0.29, 0.717) is 34.4 Å². The summed E-state index contributed by atoms with van der Waals surface area (Å²) in [6.07, 6.45) is 7.48. The number of hydrogen-bond donors (Lipinski definition) is 7. The van der Waals surface area contributed by atoms with Gasteiger partial charge in [-0.3, -0.25) is 24.5 Å². The molecule has 0 aliphatic carbocycles. The van der Waals surface area contributed by atoms with Crippen LogP contribution in [0, 0.1) is 6.92 Å². The summed E-state index contributed by atoms with van der Waals surface area (Å²) < 4.78 is 5.23. The summed E-state index contributed by atoms with van der Waals surface area (Å²) in [7, 11) is 12.7. The van der Waals surface area contributed by atoms with Crippen molar-refractivity contribution >= 4 is 74.2 Å². The van der Waals surface area contributed by atoms with Crippen LogP contribution in [-0.2, 0) is 6.54 Å². The Kier molecular flexibility index (Phi) is 24.9. The molecule has 2 aliphatic rings. The number of benzene rings is 5. The van der Waals surface area contributed by atoms with Crippen molar-refractivity contribution in [3.63, 3.8) is 0 Å². The maximum atomic E-state index is 12.5. The van der Waals surface area contributed by atoms with Crippen LogP contribution < -0.4 is 37.2 Å². The summed E-state index contributed by atoms with van der Waals surface area (Å²) in [6.45, 7) is 11.8. The van der Waals surface area contributed by atoms with Crippen molar-refractivity contribution in [3.05, 3.63) is 185 Å². The van der Waals surface area contributed by atoms with Gasteiger partial charge in [-0.1, -0.05) is 61.2 Å². The zero-order chi connectivity index (χ0) is 57.1. The topological polar surface area (TPSA) is 201 Å². The average Bonchev–Trinajstić information content (AvgIpc) is 4.17. The van der Waals surface area contributed by atoms with E-state index in [4.69, 9.17) is 4.42 Å². The molecule has 1 unspecified atom stereocenters. The molecule has 2 aliphatic heterocycles. The third-order valence-corrected chi connectivity index (χ3v) is 13.8. The molecule has 0 bridgehead atoms. The van der Waals surface area contributed by atoms with E-state index in [1.807, 2.05) is 127 Å². The average molecular weight is 1090 g/mol. The van der Waals surface area contributed by atoms with Gasteiger partial charge in [0.25, 0.3) is 23.6 Å². The summed E-state index contributed by atoms with van der Waals surface area (Å²) in [6, 6.07) is 42.2. The molecule has 2 saturated heterocycles. The van der Waals surface area contributed by atoms with Gasteiger partial charge in [-0.25, -0.2) is 0 Å². The van der Waals surface area contributed by atoms with E-state index in [9.17, 15) is 19.2 Å². The second-order valence-electron chi connectivity index (χ2n) is 18.4. The molecule has 2 aromatic heterocycles. The molecule has 0 spiro atoms. The van der Waals surface area contributed by atoms with Crippen molar-refractivity contribution in [1.29, 1.82) is 0 Å². The van der Waals surface area contributed by atoms with Crippen LogP contribution in [0.2, 0.25) is 0 Å². The van der Waals surface area contributed by atoms with Crippen LogP contribution in [0.15, 0.2) is 151 Å². The van der Waals surface area contributed by atoms with E-state index in [-0.39, 0.29) is 23.6 Å². The first-order valence-corrected chi connectivity index (χ1v) is 27.3. The Morgan fingerprint density at radius 1 is 0.620 bits per heavy atom. The smallest absolute Gasteiger partial charge is 0.257 e. The standard InChI is InChI=1S/C15H22N2O.C14H16N2O2.C12H16N2.C11H12N4OS.C9H12N2O/c1-3-14-9-4-5-10-17(14)15(18)12-7-6-8-13(11-12)16-2;1-15-12-6-3-5-11(9-12)14(17)16(2)10-13-7-4-8-18-13;1-10(14-7-4-8-14)11-5-3-6-12(9-11)13-2;1-7-14-15-11(17-7)13-10(16)8-4-3-5-9(6-8)12-2;1-10-8-5-3-4-7(6-8)9(12)11-2/h6-8,11,14,16H,3-5,9-10H2,1-2H3;3-9,15H,10H2,1-2H3;3,5-6,9,13H,1,4,7-8H2,2H3;3-6,12H,1-2H3,(H,13,15,16);3-6,10H,1-2H3,(H,11,12). The molecule has 79 heavy (non-hydrogen) atoms. The van der Waals surface area contributed by atoms with E-state index >= 15 is 0 Å². The minimum absolute atomic E-state index is 0.0245. The number of aromatic nitrogens is 2. The van der Waals surface area contributed by atoms with Crippen LogP contribution in [0.1, 0.15) is 96.8 Å². The van der Waals surface area contributed by atoms with Crippen LogP contribution in [0.25, 0.3) is 5.70 Å². The Morgan fingerprint density at radius 3 is 1.58 bits per heavy atom. The predicted octanol–water partition coefficient (Wildman–Crippen LogP) is 11.4. The zero-order valence-corrected chi connectivity index (χ0v) is 47.9.